The quantitative estimate of drug-likeness (QED) is 0.911. The van der Waals surface area contributed by atoms with Crippen LogP contribution in [0.3, 0.4) is 0 Å². The van der Waals surface area contributed by atoms with Crippen LogP contribution in [0.5, 0.6) is 0 Å². The second-order valence-corrected chi connectivity index (χ2v) is 6.41. The van der Waals surface area contributed by atoms with Gasteiger partial charge in [0.2, 0.25) is 0 Å². The van der Waals surface area contributed by atoms with Crippen LogP contribution in [0.1, 0.15) is 37.3 Å². The van der Waals surface area contributed by atoms with Crippen molar-refractivity contribution in [3.8, 4) is 0 Å². The number of rotatable bonds is 4. The van der Waals surface area contributed by atoms with Crippen LogP contribution in [0.15, 0.2) is 24.3 Å². The molecule has 1 aliphatic carbocycles. The predicted octanol–water partition coefficient (Wildman–Crippen LogP) is 3.71. The van der Waals surface area contributed by atoms with Gasteiger partial charge in [-0.3, -0.25) is 0 Å². The summed E-state index contributed by atoms with van der Waals surface area (Å²) in [7, 11) is 4.35. The van der Waals surface area contributed by atoms with Crippen molar-refractivity contribution in [2.45, 2.75) is 31.7 Å². The van der Waals surface area contributed by atoms with Crippen molar-refractivity contribution in [1.29, 1.82) is 0 Å². The molecule has 106 valence electrons. The monoisotopic (exact) mass is 280 g/mol. The Morgan fingerprint density at radius 3 is 2.21 bits per heavy atom. The van der Waals surface area contributed by atoms with Gasteiger partial charge < -0.3 is 10.6 Å². The Morgan fingerprint density at radius 1 is 1.16 bits per heavy atom. The van der Waals surface area contributed by atoms with Crippen LogP contribution in [-0.2, 0) is 0 Å². The third-order valence-corrected chi connectivity index (χ3v) is 4.69. The zero-order valence-corrected chi connectivity index (χ0v) is 12.7. The maximum atomic E-state index is 5.99. The predicted molar refractivity (Wildman–Crippen MR) is 82.4 cm³/mol. The Balaban J connectivity index is 2.10. The van der Waals surface area contributed by atoms with Crippen molar-refractivity contribution in [2.75, 3.05) is 20.6 Å². The van der Waals surface area contributed by atoms with Crippen LogP contribution in [-0.4, -0.2) is 25.5 Å². The zero-order valence-electron chi connectivity index (χ0n) is 12.0. The highest BCUT2D eigenvalue weighted by atomic mass is 35.5. The summed E-state index contributed by atoms with van der Waals surface area (Å²) < 4.78 is 0. The number of hydrogen-bond acceptors (Lipinski definition) is 2. The Kier molecular flexibility index (Phi) is 5.26. The normalized spacial score (nSPS) is 25.5. The lowest BCUT2D eigenvalue weighted by Gasteiger charge is -2.37. The van der Waals surface area contributed by atoms with E-state index in [1.807, 2.05) is 12.1 Å². The second kappa shape index (κ2) is 6.74. The third-order valence-electron chi connectivity index (χ3n) is 4.44. The van der Waals surface area contributed by atoms with Gasteiger partial charge in [0.15, 0.2) is 0 Å². The van der Waals surface area contributed by atoms with E-state index in [0.717, 1.165) is 23.4 Å². The fraction of sp³-hybridized carbons (Fsp3) is 0.625. The lowest BCUT2D eigenvalue weighted by molar-refractivity contribution is 0.151. The Bertz CT molecular complexity index is 380. The van der Waals surface area contributed by atoms with Gasteiger partial charge in [0.1, 0.15) is 0 Å². The van der Waals surface area contributed by atoms with Gasteiger partial charge in [0.05, 0.1) is 0 Å². The first-order chi connectivity index (χ1) is 9.11. The maximum absolute atomic E-state index is 5.99. The SMILES string of the molecule is CN(C)C(c1ccc(Cl)cc1)C1CCC(CN)CC1. The number of nitrogens with zero attached hydrogens (tertiary/aromatic N) is 1. The van der Waals surface area contributed by atoms with E-state index in [-0.39, 0.29) is 0 Å². The molecule has 0 saturated heterocycles. The number of benzene rings is 1. The fourth-order valence-corrected chi connectivity index (χ4v) is 3.52. The van der Waals surface area contributed by atoms with Gasteiger partial charge in [-0.15, -0.1) is 0 Å². The minimum Gasteiger partial charge on any atom is -0.330 e. The molecular weight excluding hydrogens is 256 g/mol. The van der Waals surface area contributed by atoms with Crippen molar-refractivity contribution >= 4 is 11.6 Å². The fourth-order valence-electron chi connectivity index (χ4n) is 3.39. The smallest absolute Gasteiger partial charge is 0.0406 e. The molecule has 1 fully saturated rings. The highest BCUT2D eigenvalue weighted by Crippen LogP contribution is 2.39. The maximum Gasteiger partial charge on any atom is 0.0406 e. The lowest BCUT2D eigenvalue weighted by Crippen LogP contribution is -2.31. The minimum atomic E-state index is 0.496. The molecule has 1 unspecified atom stereocenters. The van der Waals surface area contributed by atoms with Gasteiger partial charge in [-0.2, -0.15) is 0 Å². The molecule has 0 spiro atoms. The van der Waals surface area contributed by atoms with Crippen LogP contribution >= 0.6 is 11.6 Å². The summed E-state index contributed by atoms with van der Waals surface area (Å²) in [6.45, 7) is 0.848. The highest BCUT2D eigenvalue weighted by molar-refractivity contribution is 6.30. The molecule has 1 aromatic rings. The first-order valence-corrected chi connectivity index (χ1v) is 7.61. The van der Waals surface area contributed by atoms with Gasteiger partial charge in [0, 0.05) is 11.1 Å². The minimum absolute atomic E-state index is 0.496. The van der Waals surface area contributed by atoms with E-state index in [1.165, 1.54) is 31.2 Å². The van der Waals surface area contributed by atoms with E-state index in [0.29, 0.717) is 6.04 Å². The first kappa shape index (κ1) is 14.8. The molecule has 2 rings (SSSR count). The van der Waals surface area contributed by atoms with E-state index >= 15 is 0 Å². The topological polar surface area (TPSA) is 29.3 Å². The summed E-state index contributed by atoms with van der Waals surface area (Å²) >= 11 is 5.99. The van der Waals surface area contributed by atoms with Crippen molar-refractivity contribution in [3.63, 3.8) is 0 Å². The summed E-state index contributed by atoms with van der Waals surface area (Å²) in [6, 6.07) is 8.83. The van der Waals surface area contributed by atoms with Crippen LogP contribution < -0.4 is 5.73 Å². The molecule has 2 N–H and O–H groups in total. The molecule has 19 heavy (non-hydrogen) atoms. The average Bonchev–Trinajstić information content (AvgIpc) is 2.42. The van der Waals surface area contributed by atoms with Crippen molar-refractivity contribution in [3.05, 3.63) is 34.9 Å². The number of halogens is 1. The molecule has 0 aliphatic heterocycles. The molecule has 0 radical (unpaired) electrons. The highest BCUT2D eigenvalue weighted by Gasteiger charge is 2.29. The molecule has 0 aromatic heterocycles. The molecule has 0 amide bonds. The summed E-state index contributed by atoms with van der Waals surface area (Å²) in [5.74, 6) is 1.48. The molecule has 0 heterocycles. The Labute approximate surface area is 121 Å². The van der Waals surface area contributed by atoms with E-state index in [1.54, 1.807) is 0 Å². The summed E-state index contributed by atoms with van der Waals surface area (Å²) in [4.78, 5) is 2.34. The zero-order chi connectivity index (χ0) is 13.8. The van der Waals surface area contributed by atoms with Crippen molar-refractivity contribution in [2.24, 2.45) is 17.6 Å². The summed E-state index contributed by atoms with van der Waals surface area (Å²) in [5, 5.41) is 0.813. The van der Waals surface area contributed by atoms with Crippen LogP contribution in [0, 0.1) is 11.8 Å². The van der Waals surface area contributed by atoms with Crippen LogP contribution in [0.4, 0.5) is 0 Å². The largest absolute Gasteiger partial charge is 0.330 e. The second-order valence-electron chi connectivity index (χ2n) is 5.98. The number of hydrogen-bond donors (Lipinski definition) is 1. The van der Waals surface area contributed by atoms with Crippen LogP contribution in [0.25, 0.3) is 0 Å². The summed E-state index contributed by atoms with van der Waals surface area (Å²) in [5.41, 5.74) is 7.17. The van der Waals surface area contributed by atoms with Gasteiger partial charge in [-0.05, 0) is 75.9 Å². The van der Waals surface area contributed by atoms with Crippen molar-refractivity contribution in [1.82, 2.24) is 4.90 Å². The van der Waals surface area contributed by atoms with E-state index < -0.39 is 0 Å². The van der Waals surface area contributed by atoms with Gasteiger partial charge in [-0.1, -0.05) is 23.7 Å². The molecule has 1 aromatic carbocycles. The molecular formula is C16H25ClN2. The van der Waals surface area contributed by atoms with Gasteiger partial charge in [-0.25, -0.2) is 0 Å². The summed E-state index contributed by atoms with van der Waals surface area (Å²) in [6.07, 6.45) is 5.12. The molecule has 3 heteroatoms. The standard InChI is InChI=1S/C16H25ClN2/c1-19(2)16(14-7-9-15(17)10-8-14)13-5-3-12(11-18)4-6-13/h7-10,12-13,16H,3-6,11,18H2,1-2H3. The Morgan fingerprint density at radius 2 is 1.74 bits per heavy atom. The Hall–Kier alpha value is -0.570. The van der Waals surface area contributed by atoms with E-state index in [2.05, 4.69) is 31.1 Å². The molecule has 1 atom stereocenters. The van der Waals surface area contributed by atoms with Gasteiger partial charge in [0.25, 0.3) is 0 Å². The number of nitrogens with two attached hydrogens (primary N) is 1. The van der Waals surface area contributed by atoms with E-state index in [9.17, 15) is 0 Å². The molecule has 0 bridgehead atoms. The molecule has 2 nitrogen and oxygen atoms in total. The third kappa shape index (κ3) is 3.71. The average molecular weight is 281 g/mol. The molecule has 1 aliphatic rings. The lowest BCUT2D eigenvalue weighted by atomic mass is 9.76. The first-order valence-electron chi connectivity index (χ1n) is 7.23. The van der Waals surface area contributed by atoms with E-state index in [4.69, 9.17) is 17.3 Å². The molecule has 1 saturated carbocycles. The van der Waals surface area contributed by atoms with Gasteiger partial charge >= 0.3 is 0 Å². The van der Waals surface area contributed by atoms with Crippen molar-refractivity contribution < 1.29 is 0 Å². The van der Waals surface area contributed by atoms with Crippen LogP contribution in [0.2, 0.25) is 5.02 Å².